The number of thioether (sulfide) groups is 1. The zero-order valence-corrected chi connectivity index (χ0v) is 12.8. The van der Waals surface area contributed by atoms with Crippen molar-refractivity contribution in [3.8, 4) is 0 Å². The average Bonchev–Trinajstić information content (AvgIpc) is 2.79. The van der Waals surface area contributed by atoms with Gasteiger partial charge in [0.15, 0.2) is 0 Å². The number of aryl methyl sites for hydroxylation is 1. The van der Waals surface area contributed by atoms with Crippen molar-refractivity contribution in [3.63, 3.8) is 0 Å². The van der Waals surface area contributed by atoms with Crippen LogP contribution in [0.2, 0.25) is 0 Å². The summed E-state index contributed by atoms with van der Waals surface area (Å²) in [6.45, 7) is 3.97. The van der Waals surface area contributed by atoms with Gasteiger partial charge in [-0.05, 0) is 24.3 Å². The summed E-state index contributed by atoms with van der Waals surface area (Å²) in [4.78, 5) is 23.4. The summed E-state index contributed by atoms with van der Waals surface area (Å²) in [5, 5.41) is 19.9. The van der Waals surface area contributed by atoms with Gasteiger partial charge in [0, 0.05) is 25.0 Å². The van der Waals surface area contributed by atoms with Crippen LogP contribution in [0.4, 0.5) is 4.79 Å². The quantitative estimate of drug-likeness (QED) is 0.494. The molecule has 1 aromatic heterocycles. The Hall–Kier alpha value is -2.10. The highest BCUT2D eigenvalue weighted by atomic mass is 32.2. The molecule has 9 nitrogen and oxygen atoms in total. The van der Waals surface area contributed by atoms with E-state index in [9.17, 15) is 9.59 Å². The van der Waals surface area contributed by atoms with E-state index >= 15 is 0 Å². The van der Waals surface area contributed by atoms with E-state index < -0.39 is 0 Å². The van der Waals surface area contributed by atoms with E-state index in [1.54, 1.807) is 25.6 Å². The van der Waals surface area contributed by atoms with Crippen LogP contribution in [0.1, 0.15) is 13.8 Å². The van der Waals surface area contributed by atoms with Crippen LogP contribution in [-0.4, -0.2) is 50.5 Å². The second kappa shape index (κ2) is 6.57. The van der Waals surface area contributed by atoms with Crippen LogP contribution in [0, 0.1) is 0 Å². The van der Waals surface area contributed by atoms with Crippen molar-refractivity contribution in [1.82, 2.24) is 36.2 Å². The Labute approximate surface area is 125 Å². The van der Waals surface area contributed by atoms with Gasteiger partial charge in [-0.2, -0.15) is 0 Å². The number of hydrogen-bond donors (Lipinski definition) is 3. The average molecular weight is 311 g/mol. The molecule has 1 aromatic rings. The molecule has 10 heteroatoms. The number of nitrogens with one attached hydrogen (secondary N) is 3. The third kappa shape index (κ3) is 3.72. The lowest BCUT2D eigenvalue weighted by molar-refractivity contribution is -0.117. The second-order valence-electron chi connectivity index (χ2n) is 4.55. The second-order valence-corrected chi connectivity index (χ2v) is 5.61. The molecular weight excluding hydrogens is 294 g/mol. The number of allylic oxidation sites excluding steroid dienone is 1. The molecule has 3 amide bonds. The van der Waals surface area contributed by atoms with Gasteiger partial charge in [-0.3, -0.25) is 4.79 Å². The van der Waals surface area contributed by atoms with Crippen LogP contribution in [0.3, 0.4) is 0 Å². The summed E-state index contributed by atoms with van der Waals surface area (Å²) in [6.07, 6.45) is 0. The topological polar surface area (TPSA) is 114 Å². The zero-order chi connectivity index (χ0) is 15.4. The fourth-order valence-electron chi connectivity index (χ4n) is 1.98. The highest BCUT2D eigenvalue weighted by molar-refractivity contribution is 7.99. The zero-order valence-electron chi connectivity index (χ0n) is 12.0. The largest absolute Gasteiger partial charge is 0.351 e. The highest BCUT2D eigenvalue weighted by Gasteiger charge is 2.26. The molecule has 0 aliphatic carbocycles. The lowest BCUT2D eigenvalue weighted by atomic mass is 10.0. The molecule has 0 fully saturated rings. The highest BCUT2D eigenvalue weighted by Crippen LogP contribution is 2.13. The number of aromatic nitrogens is 4. The van der Waals surface area contributed by atoms with Gasteiger partial charge < -0.3 is 16.0 Å². The molecule has 2 rings (SSSR count). The van der Waals surface area contributed by atoms with Crippen LogP contribution in [0.25, 0.3) is 0 Å². The normalized spacial score (nSPS) is 18.2. The van der Waals surface area contributed by atoms with Crippen molar-refractivity contribution in [2.75, 3.05) is 12.3 Å². The van der Waals surface area contributed by atoms with Crippen molar-refractivity contribution < 1.29 is 9.59 Å². The maximum atomic E-state index is 12.1. The Balaban J connectivity index is 1.83. The third-order valence-corrected chi connectivity index (χ3v) is 3.94. The number of carbonyl (C=O) groups is 2. The first-order valence-corrected chi connectivity index (χ1v) is 7.39. The molecule has 0 spiro atoms. The number of nitrogens with zero attached hydrogens (tertiary/aromatic N) is 4. The fraction of sp³-hybridized carbons (Fsp3) is 0.545. The summed E-state index contributed by atoms with van der Waals surface area (Å²) in [7, 11) is 1.76. The monoisotopic (exact) mass is 311 g/mol. The van der Waals surface area contributed by atoms with Crippen LogP contribution < -0.4 is 16.0 Å². The molecule has 0 radical (unpaired) electrons. The summed E-state index contributed by atoms with van der Waals surface area (Å²) in [5.74, 6) is 0.463. The van der Waals surface area contributed by atoms with Crippen molar-refractivity contribution >= 4 is 23.7 Å². The van der Waals surface area contributed by atoms with Gasteiger partial charge in [-0.15, -0.1) is 5.10 Å². The van der Waals surface area contributed by atoms with E-state index in [1.165, 1.54) is 11.8 Å². The van der Waals surface area contributed by atoms with Crippen molar-refractivity contribution in [2.45, 2.75) is 25.0 Å². The van der Waals surface area contributed by atoms with Gasteiger partial charge in [0.05, 0.1) is 11.6 Å². The number of amides is 3. The van der Waals surface area contributed by atoms with E-state index in [2.05, 4.69) is 31.5 Å². The lowest BCUT2D eigenvalue weighted by Gasteiger charge is -2.25. The van der Waals surface area contributed by atoms with E-state index in [0.29, 0.717) is 28.7 Å². The number of hydrogen-bond acceptors (Lipinski definition) is 6. The van der Waals surface area contributed by atoms with Crippen molar-refractivity contribution in [3.05, 3.63) is 11.3 Å². The molecular formula is C11H17N7O2S. The third-order valence-electron chi connectivity index (χ3n) is 2.93. The van der Waals surface area contributed by atoms with Gasteiger partial charge >= 0.3 is 6.03 Å². The standard InChI is InChI=1S/C11H17N7O2S/c1-6-8(7(2)14-10(20)13-6)9(19)12-4-5-21-11-15-16-17-18(11)3/h6H,4-5H2,1-3H3,(H,12,19)(H2,13,14,20)/t6-/m0/s1. The van der Waals surface area contributed by atoms with Crippen LogP contribution in [0.5, 0.6) is 0 Å². The van der Waals surface area contributed by atoms with E-state index in [1.807, 2.05) is 0 Å². The molecule has 1 atom stereocenters. The van der Waals surface area contributed by atoms with Crippen molar-refractivity contribution in [1.29, 1.82) is 0 Å². The maximum Gasteiger partial charge on any atom is 0.319 e. The van der Waals surface area contributed by atoms with Gasteiger partial charge in [-0.1, -0.05) is 11.8 Å². The van der Waals surface area contributed by atoms with E-state index in [4.69, 9.17) is 0 Å². The molecule has 3 N–H and O–H groups in total. The van der Waals surface area contributed by atoms with Gasteiger partial charge in [0.1, 0.15) is 0 Å². The predicted octanol–water partition coefficient (Wildman–Crippen LogP) is -0.606. The summed E-state index contributed by atoms with van der Waals surface area (Å²) in [6, 6.07) is -0.601. The molecule has 0 aromatic carbocycles. The van der Waals surface area contributed by atoms with Crippen LogP contribution in [-0.2, 0) is 11.8 Å². The SMILES string of the molecule is CC1=C(C(=O)NCCSc2nnnn2C)[C@H](C)NC(=O)N1. The Kier molecular flexibility index (Phi) is 4.78. The summed E-state index contributed by atoms with van der Waals surface area (Å²) >= 11 is 1.46. The summed E-state index contributed by atoms with van der Waals surface area (Å²) in [5.41, 5.74) is 1.12. The Bertz CT molecular complexity index is 583. The molecule has 0 bridgehead atoms. The van der Waals surface area contributed by atoms with Gasteiger partial charge in [-0.25, -0.2) is 9.48 Å². The smallest absolute Gasteiger partial charge is 0.319 e. The van der Waals surface area contributed by atoms with E-state index in [0.717, 1.165) is 0 Å². The molecule has 1 aliphatic rings. The molecule has 0 saturated carbocycles. The first-order chi connectivity index (χ1) is 9.99. The Morgan fingerprint density at radius 2 is 2.29 bits per heavy atom. The molecule has 0 unspecified atom stereocenters. The lowest BCUT2D eigenvalue weighted by Crippen LogP contribution is -2.50. The minimum Gasteiger partial charge on any atom is -0.351 e. The Morgan fingerprint density at radius 3 is 2.90 bits per heavy atom. The molecule has 21 heavy (non-hydrogen) atoms. The first kappa shape index (κ1) is 15.3. The van der Waals surface area contributed by atoms with Crippen LogP contribution in [0.15, 0.2) is 16.4 Å². The number of tetrazole rings is 1. The minimum absolute atomic E-state index is 0.191. The minimum atomic E-state index is -0.311. The number of rotatable bonds is 5. The van der Waals surface area contributed by atoms with Crippen molar-refractivity contribution in [2.24, 2.45) is 7.05 Å². The van der Waals surface area contributed by atoms with Gasteiger partial charge in [0.25, 0.3) is 5.91 Å². The first-order valence-electron chi connectivity index (χ1n) is 6.40. The summed E-state index contributed by atoms with van der Waals surface area (Å²) < 4.78 is 1.57. The maximum absolute atomic E-state index is 12.1. The van der Waals surface area contributed by atoms with Crippen LogP contribution >= 0.6 is 11.8 Å². The molecule has 2 heterocycles. The Morgan fingerprint density at radius 1 is 1.52 bits per heavy atom. The molecule has 1 aliphatic heterocycles. The number of urea groups is 1. The van der Waals surface area contributed by atoms with Gasteiger partial charge in [0.2, 0.25) is 5.16 Å². The van der Waals surface area contributed by atoms with E-state index in [-0.39, 0.29) is 18.0 Å². The molecule has 0 saturated heterocycles. The fourth-order valence-corrected chi connectivity index (χ4v) is 2.68. The predicted molar refractivity (Wildman–Crippen MR) is 76.4 cm³/mol. The number of carbonyl (C=O) groups excluding carboxylic acids is 2. The molecule has 114 valence electrons.